The van der Waals surface area contributed by atoms with E-state index in [1.54, 1.807) is 7.05 Å². The molecule has 0 unspecified atom stereocenters. The summed E-state index contributed by atoms with van der Waals surface area (Å²) in [6.45, 7) is 6.22. The predicted octanol–water partition coefficient (Wildman–Crippen LogP) is 5.57. The molecule has 158 valence electrons. The summed E-state index contributed by atoms with van der Waals surface area (Å²) in [5.41, 5.74) is 7.12. The van der Waals surface area contributed by atoms with Crippen LogP contribution in [0, 0.1) is 13.8 Å². The Morgan fingerprint density at radius 1 is 1.06 bits per heavy atom. The van der Waals surface area contributed by atoms with Gasteiger partial charge in [0.15, 0.2) is 0 Å². The number of fused-ring (bicyclic) bond motifs is 2. The molecular weight excluding hydrogens is 388 g/mol. The van der Waals surface area contributed by atoms with Gasteiger partial charge in [0.05, 0.1) is 17.5 Å². The van der Waals surface area contributed by atoms with E-state index in [4.69, 9.17) is 9.15 Å². The third-order valence-electron chi connectivity index (χ3n) is 5.59. The third-order valence-corrected chi connectivity index (χ3v) is 5.59. The standard InChI is InChI=1S/C26H26N2O3/c1-6-30-26(29)18-10-8-7-9-17(18)25-19-11-15(2)21(27-4)13-23(19)31-24-14-22(28-5)16(3)12-20(24)25/h7-14,27H,6H2,1-5H3/b28-22+. The quantitative estimate of drug-likeness (QED) is 0.350. The Morgan fingerprint density at radius 2 is 1.84 bits per heavy atom. The van der Waals surface area contributed by atoms with Crippen LogP contribution in [0.5, 0.6) is 0 Å². The maximum atomic E-state index is 12.8. The number of nitrogens with zero attached hydrogens (tertiary/aromatic N) is 1. The van der Waals surface area contributed by atoms with E-state index >= 15 is 0 Å². The van der Waals surface area contributed by atoms with Gasteiger partial charge in [0.1, 0.15) is 11.3 Å². The van der Waals surface area contributed by atoms with Crippen LogP contribution >= 0.6 is 0 Å². The van der Waals surface area contributed by atoms with Gasteiger partial charge in [0.2, 0.25) is 0 Å². The van der Waals surface area contributed by atoms with Crippen LogP contribution in [-0.4, -0.2) is 26.7 Å². The summed E-state index contributed by atoms with van der Waals surface area (Å²) in [4.78, 5) is 17.1. The van der Waals surface area contributed by atoms with Crippen molar-refractivity contribution in [2.24, 2.45) is 4.99 Å². The Balaban J connectivity index is 2.19. The van der Waals surface area contributed by atoms with Crippen molar-refractivity contribution >= 4 is 22.6 Å². The molecule has 1 heterocycles. The van der Waals surface area contributed by atoms with Crippen LogP contribution in [0.25, 0.3) is 33.4 Å². The van der Waals surface area contributed by atoms with Gasteiger partial charge in [-0.3, -0.25) is 4.99 Å². The summed E-state index contributed by atoms with van der Waals surface area (Å²) in [5.74, 6) is 0.388. The van der Waals surface area contributed by atoms with Crippen LogP contribution in [0.4, 0.5) is 5.69 Å². The molecule has 2 aromatic carbocycles. The highest BCUT2D eigenvalue weighted by atomic mass is 16.5. The number of nitrogens with one attached hydrogen (secondary N) is 1. The van der Waals surface area contributed by atoms with Crippen molar-refractivity contribution < 1.29 is 13.9 Å². The topological polar surface area (TPSA) is 63.8 Å². The second-order valence-corrected chi connectivity index (χ2v) is 7.51. The molecule has 1 aliphatic heterocycles. The number of hydrogen-bond acceptors (Lipinski definition) is 5. The van der Waals surface area contributed by atoms with Crippen molar-refractivity contribution in [3.8, 4) is 22.5 Å². The molecule has 0 fully saturated rings. The van der Waals surface area contributed by atoms with E-state index in [0.717, 1.165) is 55.6 Å². The van der Waals surface area contributed by atoms with Gasteiger partial charge in [0, 0.05) is 48.4 Å². The lowest BCUT2D eigenvalue weighted by molar-refractivity contribution is 0.0527. The number of ether oxygens (including phenoxy) is 1. The molecule has 0 amide bonds. The van der Waals surface area contributed by atoms with Crippen molar-refractivity contribution in [2.75, 3.05) is 26.0 Å². The molecule has 2 aromatic rings. The number of rotatable bonds is 4. The molecule has 31 heavy (non-hydrogen) atoms. The molecule has 0 aromatic heterocycles. The molecule has 0 radical (unpaired) electrons. The van der Waals surface area contributed by atoms with Crippen LogP contribution in [0.2, 0.25) is 0 Å². The Bertz CT molecular complexity index is 1330. The molecule has 0 spiro atoms. The molecule has 4 rings (SSSR count). The predicted molar refractivity (Wildman–Crippen MR) is 125 cm³/mol. The van der Waals surface area contributed by atoms with E-state index in [0.29, 0.717) is 12.2 Å². The van der Waals surface area contributed by atoms with Gasteiger partial charge in [-0.2, -0.15) is 0 Å². The van der Waals surface area contributed by atoms with E-state index in [-0.39, 0.29) is 5.97 Å². The summed E-state index contributed by atoms with van der Waals surface area (Å²) >= 11 is 0. The fraction of sp³-hybridized carbons (Fsp3) is 0.231. The second-order valence-electron chi connectivity index (χ2n) is 7.51. The Labute approximate surface area is 181 Å². The molecule has 5 nitrogen and oxygen atoms in total. The number of hydrogen-bond donors (Lipinski definition) is 1. The first-order chi connectivity index (χ1) is 15.0. The monoisotopic (exact) mass is 414 g/mol. The lowest BCUT2D eigenvalue weighted by Gasteiger charge is -2.19. The van der Waals surface area contributed by atoms with Crippen molar-refractivity contribution in [3.63, 3.8) is 0 Å². The van der Waals surface area contributed by atoms with E-state index in [1.165, 1.54) is 0 Å². The third kappa shape index (κ3) is 3.56. The summed E-state index contributed by atoms with van der Waals surface area (Å²) in [7, 11) is 3.66. The number of aryl methyl sites for hydroxylation is 2. The normalized spacial score (nSPS) is 11.8. The average Bonchev–Trinajstić information content (AvgIpc) is 2.77. The smallest absolute Gasteiger partial charge is 0.338 e. The second kappa shape index (κ2) is 8.26. The Hall–Kier alpha value is -3.60. The van der Waals surface area contributed by atoms with Crippen LogP contribution in [0.1, 0.15) is 28.4 Å². The zero-order valence-corrected chi connectivity index (χ0v) is 18.5. The van der Waals surface area contributed by atoms with Crippen LogP contribution in [0.3, 0.4) is 0 Å². The Morgan fingerprint density at radius 3 is 2.55 bits per heavy atom. The molecule has 1 aliphatic carbocycles. The van der Waals surface area contributed by atoms with Gasteiger partial charge in [0.25, 0.3) is 0 Å². The highest BCUT2D eigenvalue weighted by Crippen LogP contribution is 2.42. The highest BCUT2D eigenvalue weighted by molar-refractivity contribution is 6.08. The Kier molecular flexibility index (Phi) is 5.51. The van der Waals surface area contributed by atoms with E-state index in [2.05, 4.69) is 29.4 Å². The number of carbonyl (C=O) groups is 1. The maximum absolute atomic E-state index is 12.8. The van der Waals surface area contributed by atoms with Crippen LogP contribution in [0.15, 0.2) is 57.9 Å². The minimum atomic E-state index is -0.333. The van der Waals surface area contributed by atoms with Gasteiger partial charge < -0.3 is 14.5 Å². The lowest BCUT2D eigenvalue weighted by Crippen LogP contribution is -2.09. The molecular formula is C26H26N2O3. The largest absolute Gasteiger partial charge is 0.462 e. The summed E-state index contributed by atoms with van der Waals surface area (Å²) in [5, 5.41) is 5.04. The zero-order valence-electron chi connectivity index (χ0n) is 18.5. The SMILES string of the molecule is CCOC(=O)c1ccccc1-c1c2cc(C)/c(=N/C)cc-2oc2cc(NC)c(C)cc12. The molecule has 0 saturated carbocycles. The summed E-state index contributed by atoms with van der Waals surface area (Å²) < 4.78 is 11.7. The highest BCUT2D eigenvalue weighted by Gasteiger charge is 2.23. The van der Waals surface area contributed by atoms with Crippen LogP contribution in [-0.2, 0) is 4.74 Å². The van der Waals surface area contributed by atoms with Gasteiger partial charge in [-0.05, 0) is 55.7 Å². The number of anilines is 1. The molecule has 0 saturated heterocycles. The summed E-state index contributed by atoms with van der Waals surface area (Å²) in [6, 6.07) is 15.7. The lowest BCUT2D eigenvalue weighted by atomic mass is 9.89. The fourth-order valence-corrected chi connectivity index (χ4v) is 4.08. The first-order valence-electron chi connectivity index (χ1n) is 10.4. The first-order valence-corrected chi connectivity index (χ1v) is 10.4. The number of esters is 1. The average molecular weight is 415 g/mol. The van der Waals surface area contributed by atoms with E-state index in [9.17, 15) is 4.79 Å². The zero-order chi connectivity index (χ0) is 22.1. The van der Waals surface area contributed by atoms with Crippen molar-refractivity contribution in [1.82, 2.24) is 0 Å². The molecule has 0 atom stereocenters. The molecule has 2 aliphatic rings. The van der Waals surface area contributed by atoms with Crippen LogP contribution < -0.4 is 10.7 Å². The van der Waals surface area contributed by atoms with Crippen molar-refractivity contribution in [2.45, 2.75) is 20.8 Å². The van der Waals surface area contributed by atoms with Gasteiger partial charge in [-0.25, -0.2) is 4.79 Å². The number of carbonyl (C=O) groups excluding carboxylic acids is 1. The van der Waals surface area contributed by atoms with Crippen molar-refractivity contribution in [3.05, 3.63) is 70.6 Å². The minimum absolute atomic E-state index is 0.323. The summed E-state index contributed by atoms with van der Waals surface area (Å²) in [6.07, 6.45) is 0. The molecule has 5 heteroatoms. The fourth-order valence-electron chi connectivity index (χ4n) is 4.08. The number of benzene rings is 3. The molecule has 0 bridgehead atoms. The first kappa shape index (κ1) is 20.7. The molecule has 1 N–H and O–H groups in total. The van der Waals surface area contributed by atoms with E-state index < -0.39 is 0 Å². The minimum Gasteiger partial charge on any atom is -0.462 e. The van der Waals surface area contributed by atoms with Gasteiger partial charge in [-0.15, -0.1) is 0 Å². The van der Waals surface area contributed by atoms with E-state index in [1.807, 2.05) is 57.3 Å². The maximum Gasteiger partial charge on any atom is 0.338 e. The van der Waals surface area contributed by atoms with Gasteiger partial charge >= 0.3 is 5.97 Å². The van der Waals surface area contributed by atoms with Crippen molar-refractivity contribution in [1.29, 1.82) is 0 Å². The van der Waals surface area contributed by atoms with Gasteiger partial charge in [-0.1, -0.05) is 18.2 Å².